The van der Waals surface area contributed by atoms with Gasteiger partial charge in [-0.3, -0.25) is 4.79 Å². The van der Waals surface area contributed by atoms with Crippen LogP contribution in [0, 0.1) is 0 Å². The molecule has 2 rings (SSSR count). The first-order chi connectivity index (χ1) is 11.3. The Kier molecular flexibility index (Phi) is 5.66. The van der Waals surface area contributed by atoms with Gasteiger partial charge in [-0.2, -0.15) is 13.2 Å². The summed E-state index contributed by atoms with van der Waals surface area (Å²) in [6, 6.07) is 4.82. The molecule has 0 radical (unpaired) electrons. The number of hydrogen-bond donors (Lipinski definition) is 2. The number of nitrogens with zero attached hydrogens (tertiary/aromatic N) is 1. The minimum Gasteiger partial charge on any atom is -0.320 e. The number of nitrogens with one attached hydrogen (secondary N) is 2. The molecule has 1 amide bonds. The maximum absolute atomic E-state index is 13.0. The number of halogens is 3. The normalized spacial score (nSPS) is 22.7. The van der Waals surface area contributed by atoms with E-state index in [0.717, 1.165) is 17.8 Å². The van der Waals surface area contributed by atoms with E-state index in [2.05, 4.69) is 15.6 Å². The standard InChI is InChI=1S/C15H16F3N3O2S/c1-19-8-4-7-14(9-22)12(23)21-13(24-14)20-11-6-3-2-5-10(11)15(16,17)18/h2-3,5-6,9,19H,4,7-8H2,1H3,(H,20,21,23). The number of benzene rings is 1. The molecule has 130 valence electrons. The molecule has 1 fully saturated rings. The van der Waals surface area contributed by atoms with Gasteiger partial charge in [0.2, 0.25) is 5.91 Å². The van der Waals surface area contributed by atoms with Gasteiger partial charge in [-0.15, -0.1) is 0 Å². The van der Waals surface area contributed by atoms with Crippen LogP contribution >= 0.6 is 11.8 Å². The van der Waals surface area contributed by atoms with Crippen LogP contribution in [0.4, 0.5) is 18.9 Å². The predicted molar refractivity (Wildman–Crippen MR) is 86.2 cm³/mol. The molecule has 1 saturated heterocycles. The Labute approximate surface area is 141 Å². The van der Waals surface area contributed by atoms with Crippen molar-refractivity contribution in [3.8, 4) is 0 Å². The van der Waals surface area contributed by atoms with E-state index in [-0.39, 0.29) is 17.3 Å². The van der Waals surface area contributed by atoms with Gasteiger partial charge in [0.05, 0.1) is 11.3 Å². The lowest BCUT2D eigenvalue weighted by Gasteiger charge is -2.16. The smallest absolute Gasteiger partial charge is 0.320 e. The molecule has 0 bridgehead atoms. The number of hydrogen-bond acceptors (Lipinski definition) is 5. The van der Waals surface area contributed by atoms with E-state index >= 15 is 0 Å². The van der Waals surface area contributed by atoms with Crippen LogP contribution in [0.2, 0.25) is 0 Å². The van der Waals surface area contributed by atoms with E-state index in [0.29, 0.717) is 19.3 Å². The van der Waals surface area contributed by atoms with E-state index in [1.807, 2.05) is 0 Å². The average molecular weight is 359 g/mol. The summed E-state index contributed by atoms with van der Waals surface area (Å²) in [6.45, 7) is 0.618. The topological polar surface area (TPSA) is 70.6 Å². The summed E-state index contributed by atoms with van der Waals surface area (Å²) in [4.78, 5) is 27.4. The number of alkyl halides is 3. The minimum atomic E-state index is -4.55. The third-order valence-electron chi connectivity index (χ3n) is 3.48. The second-order valence-electron chi connectivity index (χ2n) is 5.20. The number of rotatable bonds is 6. The molecule has 5 nitrogen and oxygen atoms in total. The first kappa shape index (κ1) is 18.5. The first-order valence-corrected chi connectivity index (χ1v) is 8.00. The summed E-state index contributed by atoms with van der Waals surface area (Å²) < 4.78 is 37.6. The number of aliphatic imine (C=N–C) groups is 1. The Bertz CT molecular complexity index is 664. The monoisotopic (exact) mass is 359 g/mol. The molecule has 1 aromatic rings. The highest BCUT2D eigenvalue weighted by Gasteiger charge is 2.46. The number of amidine groups is 1. The van der Waals surface area contributed by atoms with Gasteiger partial charge in [0.15, 0.2) is 9.91 Å². The first-order valence-electron chi connectivity index (χ1n) is 7.19. The third kappa shape index (κ3) is 3.96. The Morgan fingerprint density at radius 3 is 2.71 bits per heavy atom. The Balaban J connectivity index is 2.27. The predicted octanol–water partition coefficient (Wildman–Crippen LogP) is 2.49. The molecular formula is C15H16F3N3O2S. The molecule has 9 heteroatoms. The molecule has 1 aliphatic rings. The van der Waals surface area contributed by atoms with Gasteiger partial charge in [-0.1, -0.05) is 23.9 Å². The number of thioether (sulfide) groups is 1. The highest BCUT2D eigenvalue weighted by atomic mass is 32.2. The van der Waals surface area contributed by atoms with Crippen molar-refractivity contribution in [2.45, 2.75) is 23.8 Å². The van der Waals surface area contributed by atoms with E-state index in [4.69, 9.17) is 0 Å². The average Bonchev–Trinajstić information content (AvgIpc) is 2.83. The molecule has 24 heavy (non-hydrogen) atoms. The lowest BCUT2D eigenvalue weighted by molar-refractivity contribution is -0.137. The Hall–Kier alpha value is -1.87. The fourth-order valence-corrected chi connectivity index (χ4v) is 3.32. The zero-order valence-electron chi connectivity index (χ0n) is 12.8. The van der Waals surface area contributed by atoms with Crippen molar-refractivity contribution >= 4 is 34.8 Å². The van der Waals surface area contributed by atoms with Crippen molar-refractivity contribution in [2.75, 3.05) is 13.6 Å². The molecule has 1 heterocycles. The van der Waals surface area contributed by atoms with Gasteiger partial charge < -0.3 is 15.4 Å². The number of carbonyl (C=O) groups is 2. The number of amides is 1. The van der Waals surface area contributed by atoms with Crippen LogP contribution in [0.15, 0.2) is 29.3 Å². The molecule has 0 aliphatic carbocycles. The molecule has 2 N–H and O–H groups in total. The van der Waals surface area contributed by atoms with Crippen LogP contribution in [0.1, 0.15) is 18.4 Å². The van der Waals surface area contributed by atoms with Gasteiger partial charge in [0, 0.05) is 0 Å². The van der Waals surface area contributed by atoms with Crippen LogP contribution < -0.4 is 10.6 Å². The van der Waals surface area contributed by atoms with Crippen molar-refractivity contribution in [1.82, 2.24) is 10.6 Å². The van der Waals surface area contributed by atoms with Gasteiger partial charge in [0.25, 0.3) is 0 Å². The van der Waals surface area contributed by atoms with Crippen LogP contribution in [0.25, 0.3) is 0 Å². The lowest BCUT2D eigenvalue weighted by atomic mass is 10.0. The zero-order chi connectivity index (χ0) is 17.8. The summed E-state index contributed by atoms with van der Waals surface area (Å²) in [5.74, 6) is -0.554. The van der Waals surface area contributed by atoms with Crippen molar-refractivity contribution in [3.05, 3.63) is 29.8 Å². The lowest BCUT2D eigenvalue weighted by Crippen LogP contribution is -2.38. The van der Waals surface area contributed by atoms with Crippen LogP contribution in [-0.4, -0.2) is 35.7 Å². The number of carbonyl (C=O) groups excluding carboxylic acids is 2. The highest BCUT2D eigenvalue weighted by molar-refractivity contribution is 8.16. The molecule has 0 saturated carbocycles. The fraction of sp³-hybridized carbons (Fsp3) is 0.400. The summed E-state index contributed by atoms with van der Waals surface area (Å²) in [7, 11) is 1.75. The maximum Gasteiger partial charge on any atom is 0.418 e. The van der Waals surface area contributed by atoms with Gasteiger partial charge in [0.1, 0.15) is 6.29 Å². The van der Waals surface area contributed by atoms with E-state index in [1.165, 1.54) is 18.2 Å². The molecule has 1 unspecified atom stereocenters. The van der Waals surface area contributed by atoms with Crippen LogP contribution in [0.3, 0.4) is 0 Å². The molecule has 0 spiro atoms. The number of para-hydroxylation sites is 1. The van der Waals surface area contributed by atoms with E-state index in [1.54, 1.807) is 7.05 Å². The highest BCUT2D eigenvalue weighted by Crippen LogP contribution is 2.39. The Morgan fingerprint density at radius 2 is 2.08 bits per heavy atom. The molecule has 1 aliphatic heterocycles. The Morgan fingerprint density at radius 1 is 1.38 bits per heavy atom. The largest absolute Gasteiger partial charge is 0.418 e. The SMILES string of the molecule is CNCCCC1(C=O)SC(=Nc2ccccc2C(F)(F)F)NC1=O. The van der Waals surface area contributed by atoms with Crippen molar-refractivity contribution in [3.63, 3.8) is 0 Å². The van der Waals surface area contributed by atoms with Crippen molar-refractivity contribution in [1.29, 1.82) is 0 Å². The van der Waals surface area contributed by atoms with Crippen molar-refractivity contribution < 1.29 is 22.8 Å². The van der Waals surface area contributed by atoms with Gasteiger partial charge in [-0.25, -0.2) is 4.99 Å². The van der Waals surface area contributed by atoms with Gasteiger partial charge >= 0.3 is 6.18 Å². The van der Waals surface area contributed by atoms with Gasteiger partial charge in [-0.05, 0) is 38.6 Å². The van der Waals surface area contributed by atoms with E-state index < -0.39 is 22.4 Å². The molecule has 0 aromatic heterocycles. The third-order valence-corrected chi connectivity index (χ3v) is 4.72. The zero-order valence-corrected chi connectivity index (χ0v) is 13.6. The molecule has 1 atom stereocenters. The van der Waals surface area contributed by atoms with E-state index in [9.17, 15) is 22.8 Å². The summed E-state index contributed by atoms with van der Waals surface area (Å²) >= 11 is 0.857. The van der Waals surface area contributed by atoms with Crippen LogP contribution in [-0.2, 0) is 15.8 Å². The molecular weight excluding hydrogens is 343 g/mol. The quantitative estimate of drug-likeness (QED) is 0.465. The maximum atomic E-state index is 13.0. The summed E-state index contributed by atoms with van der Waals surface area (Å²) in [5.41, 5.74) is -1.20. The number of aldehydes is 1. The van der Waals surface area contributed by atoms with Crippen molar-refractivity contribution in [2.24, 2.45) is 4.99 Å². The second kappa shape index (κ2) is 7.35. The minimum absolute atomic E-state index is 0.00624. The fourth-order valence-electron chi connectivity index (χ4n) is 2.25. The molecule has 1 aromatic carbocycles. The summed E-state index contributed by atoms with van der Waals surface area (Å²) in [6.07, 6.45) is -3.18. The summed E-state index contributed by atoms with van der Waals surface area (Å²) in [5, 5.41) is 5.31. The van der Waals surface area contributed by atoms with Crippen LogP contribution in [0.5, 0.6) is 0 Å². The second-order valence-corrected chi connectivity index (χ2v) is 6.52.